The minimum atomic E-state index is -0.159. The van der Waals surface area contributed by atoms with Gasteiger partial charge in [-0.15, -0.1) is 0 Å². The van der Waals surface area contributed by atoms with Crippen LogP contribution in [0.4, 0.5) is 0 Å². The van der Waals surface area contributed by atoms with Crippen LogP contribution in [0.2, 0.25) is 0 Å². The second kappa shape index (κ2) is 8.66. The first kappa shape index (κ1) is 19.5. The Labute approximate surface area is 174 Å². The maximum absolute atomic E-state index is 12.4. The number of nitrogens with zero attached hydrogens (tertiary/aromatic N) is 4. The van der Waals surface area contributed by atoms with Crippen LogP contribution in [0.15, 0.2) is 90.2 Å². The molecule has 0 unspecified atom stereocenters. The lowest BCUT2D eigenvalue weighted by atomic mass is 10.0. The van der Waals surface area contributed by atoms with Gasteiger partial charge >= 0.3 is 0 Å². The Balaban J connectivity index is 0.00000106. The summed E-state index contributed by atoms with van der Waals surface area (Å²) < 4.78 is 1.66. The SMILES string of the molecule is CC.O=c1cnc2cccnc2n1Cc1cccc(-c2ccc3ccncc3c2)c1. The van der Waals surface area contributed by atoms with Gasteiger partial charge in [0.25, 0.3) is 5.56 Å². The third-order valence-corrected chi connectivity index (χ3v) is 4.84. The predicted octanol–water partition coefficient (Wildman–Crippen LogP) is 5.08. The molecule has 0 bridgehead atoms. The highest BCUT2D eigenvalue weighted by Gasteiger charge is 2.07. The van der Waals surface area contributed by atoms with E-state index < -0.39 is 0 Å². The van der Waals surface area contributed by atoms with Crippen LogP contribution in [0.3, 0.4) is 0 Å². The van der Waals surface area contributed by atoms with E-state index >= 15 is 0 Å². The first-order valence-electron chi connectivity index (χ1n) is 10.0. The van der Waals surface area contributed by atoms with E-state index in [0.717, 1.165) is 27.5 Å². The molecule has 0 radical (unpaired) electrons. The maximum atomic E-state index is 12.4. The van der Waals surface area contributed by atoms with Crippen molar-refractivity contribution in [2.24, 2.45) is 0 Å². The highest BCUT2D eigenvalue weighted by atomic mass is 16.1. The molecule has 0 saturated heterocycles. The van der Waals surface area contributed by atoms with Gasteiger partial charge in [0.2, 0.25) is 0 Å². The van der Waals surface area contributed by atoms with E-state index in [0.29, 0.717) is 17.7 Å². The second-order valence-corrected chi connectivity index (χ2v) is 6.67. The summed E-state index contributed by atoms with van der Waals surface area (Å²) in [4.78, 5) is 25.1. The smallest absolute Gasteiger partial charge is 0.270 e. The molecule has 148 valence electrons. The van der Waals surface area contributed by atoms with Crippen LogP contribution >= 0.6 is 0 Å². The van der Waals surface area contributed by atoms with Gasteiger partial charge in [0, 0.05) is 24.0 Å². The Morgan fingerprint density at radius 3 is 2.57 bits per heavy atom. The van der Waals surface area contributed by atoms with Crippen molar-refractivity contribution in [3.8, 4) is 11.1 Å². The number of benzene rings is 2. The molecule has 5 rings (SSSR count). The number of hydrogen-bond acceptors (Lipinski definition) is 4. The standard InChI is InChI=1S/C23H16N4O.C2H6/c28-22-14-26-21-5-2-9-25-23(21)27(22)15-16-3-1-4-18(11-16)19-7-6-17-8-10-24-13-20(17)12-19;1-2/h1-14H,15H2;1-2H3. The van der Waals surface area contributed by atoms with Gasteiger partial charge in [-0.3, -0.25) is 14.3 Å². The van der Waals surface area contributed by atoms with E-state index in [-0.39, 0.29) is 5.56 Å². The van der Waals surface area contributed by atoms with E-state index in [4.69, 9.17) is 0 Å². The lowest BCUT2D eigenvalue weighted by molar-refractivity contribution is 0.775. The number of rotatable bonds is 3. The van der Waals surface area contributed by atoms with E-state index in [1.807, 2.05) is 50.4 Å². The maximum Gasteiger partial charge on any atom is 0.270 e. The highest BCUT2D eigenvalue weighted by molar-refractivity contribution is 5.86. The van der Waals surface area contributed by atoms with Gasteiger partial charge in [0.05, 0.1) is 12.7 Å². The second-order valence-electron chi connectivity index (χ2n) is 6.67. The summed E-state index contributed by atoms with van der Waals surface area (Å²) in [5.41, 5.74) is 4.39. The van der Waals surface area contributed by atoms with Gasteiger partial charge in [0.15, 0.2) is 5.65 Å². The highest BCUT2D eigenvalue weighted by Crippen LogP contribution is 2.25. The zero-order valence-electron chi connectivity index (χ0n) is 17.0. The molecule has 0 amide bonds. The van der Waals surface area contributed by atoms with Crippen LogP contribution in [0.5, 0.6) is 0 Å². The summed E-state index contributed by atoms with van der Waals surface area (Å²) in [6.45, 7) is 4.44. The average molecular weight is 394 g/mol. The fraction of sp³-hybridized carbons (Fsp3) is 0.120. The zero-order chi connectivity index (χ0) is 20.9. The fourth-order valence-electron chi connectivity index (χ4n) is 3.45. The molecular formula is C25H22N4O. The van der Waals surface area contributed by atoms with Crippen molar-refractivity contribution in [2.75, 3.05) is 0 Å². The Morgan fingerprint density at radius 2 is 1.67 bits per heavy atom. The molecule has 0 N–H and O–H groups in total. The molecule has 0 fully saturated rings. The van der Waals surface area contributed by atoms with Crippen molar-refractivity contribution < 1.29 is 0 Å². The predicted molar refractivity (Wildman–Crippen MR) is 121 cm³/mol. The Kier molecular flexibility index (Phi) is 5.61. The van der Waals surface area contributed by atoms with Crippen LogP contribution < -0.4 is 5.56 Å². The van der Waals surface area contributed by atoms with Crippen molar-refractivity contribution in [2.45, 2.75) is 20.4 Å². The first-order valence-corrected chi connectivity index (χ1v) is 10.0. The molecule has 3 aromatic heterocycles. The van der Waals surface area contributed by atoms with E-state index in [1.54, 1.807) is 17.0 Å². The summed E-state index contributed by atoms with van der Waals surface area (Å²) in [5, 5.41) is 2.27. The fourth-order valence-corrected chi connectivity index (χ4v) is 3.45. The van der Waals surface area contributed by atoms with Crippen molar-refractivity contribution in [3.63, 3.8) is 0 Å². The molecule has 3 heterocycles. The van der Waals surface area contributed by atoms with Gasteiger partial charge in [-0.2, -0.15) is 0 Å². The van der Waals surface area contributed by atoms with Crippen molar-refractivity contribution in [1.82, 2.24) is 19.5 Å². The lowest BCUT2D eigenvalue weighted by Crippen LogP contribution is -2.21. The van der Waals surface area contributed by atoms with Gasteiger partial charge in [0.1, 0.15) is 5.52 Å². The molecule has 5 heteroatoms. The number of aromatic nitrogens is 4. The van der Waals surface area contributed by atoms with E-state index in [1.165, 1.54) is 6.20 Å². The van der Waals surface area contributed by atoms with Crippen LogP contribution in [0, 0.1) is 0 Å². The minimum Gasteiger partial charge on any atom is -0.286 e. The Hall–Kier alpha value is -3.86. The summed E-state index contributed by atoms with van der Waals surface area (Å²) in [7, 11) is 0. The third kappa shape index (κ3) is 3.82. The summed E-state index contributed by atoms with van der Waals surface area (Å²) in [6.07, 6.45) is 6.70. The quantitative estimate of drug-likeness (QED) is 0.428. The topological polar surface area (TPSA) is 60.7 Å². The lowest BCUT2D eigenvalue weighted by Gasteiger charge is -2.10. The number of fused-ring (bicyclic) bond motifs is 2. The van der Waals surface area contributed by atoms with Crippen LogP contribution in [-0.4, -0.2) is 19.5 Å². The van der Waals surface area contributed by atoms with E-state index in [9.17, 15) is 4.79 Å². The third-order valence-electron chi connectivity index (χ3n) is 4.84. The molecule has 0 aliphatic heterocycles. The van der Waals surface area contributed by atoms with Gasteiger partial charge < -0.3 is 0 Å². The molecule has 5 aromatic rings. The minimum absolute atomic E-state index is 0.159. The Bertz CT molecular complexity index is 1370. The monoisotopic (exact) mass is 394 g/mol. The molecule has 0 spiro atoms. The molecular weight excluding hydrogens is 372 g/mol. The molecule has 0 aliphatic carbocycles. The van der Waals surface area contributed by atoms with Crippen LogP contribution in [0.1, 0.15) is 19.4 Å². The normalized spacial score (nSPS) is 10.6. The first-order chi connectivity index (χ1) is 14.8. The van der Waals surface area contributed by atoms with Gasteiger partial charge in [-0.25, -0.2) is 9.97 Å². The number of hydrogen-bond donors (Lipinski definition) is 0. The van der Waals surface area contributed by atoms with Crippen LogP contribution in [-0.2, 0) is 6.54 Å². The summed E-state index contributed by atoms with van der Waals surface area (Å²) in [6, 6.07) is 20.2. The average Bonchev–Trinajstić information content (AvgIpc) is 2.82. The van der Waals surface area contributed by atoms with Crippen molar-refractivity contribution in [1.29, 1.82) is 0 Å². The zero-order valence-corrected chi connectivity index (χ0v) is 17.0. The van der Waals surface area contributed by atoms with Gasteiger partial charge in [-0.1, -0.05) is 44.2 Å². The Morgan fingerprint density at radius 1 is 0.800 bits per heavy atom. The molecule has 5 nitrogen and oxygen atoms in total. The molecule has 2 aromatic carbocycles. The molecule has 0 saturated carbocycles. The van der Waals surface area contributed by atoms with Crippen molar-refractivity contribution in [3.05, 3.63) is 101 Å². The number of pyridine rings is 2. The largest absolute Gasteiger partial charge is 0.286 e. The summed E-state index contributed by atoms with van der Waals surface area (Å²) in [5.74, 6) is 0. The summed E-state index contributed by atoms with van der Waals surface area (Å²) >= 11 is 0. The van der Waals surface area contributed by atoms with Gasteiger partial charge in [-0.05, 0) is 52.4 Å². The van der Waals surface area contributed by atoms with Crippen LogP contribution in [0.25, 0.3) is 33.1 Å². The van der Waals surface area contributed by atoms with E-state index in [2.05, 4.69) is 45.3 Å². The van der Waals surface area contributed by atoms with Crippen molar-refractivity contribution >= 4 is 21.9 Å². The molecule has 0 atom stereocenters. The molecule has 30 heavy (non-hydrogen) atoms. The molecule has 0 aliphatic rings.